The predicted octanol–water partition coefficient (Wildman–Crippen LogP) is 4.66. The highest BCUT2D eigenvalue weighted by atomic mass is 79.9. The van der Waals surface area contributed by atoms with Gasteiger partial charge in [0.2, 0.25) is 0 Å². The summed E-state index contributed by atoms with van der Waals surface area (Å²) in [5, 5.41) is 3.09. The zero-order valence-corrected chi connectivity index (χ0v) is 12.7. The Hall–Kier alpha value is -1.53. The fraction of sp³-hybridized carbons (Fsp3) is 0.200. The molecule has 2 rings (SSSR count). The molecule has 0 aliphatic heterocycles. The van der Waals surface area contributed by atoms with Gasteiger partial charge in [-0.1, -0.05) is 40.2 Å². The average Bonchev–Trinajstić information content (AvgIpc) is 2.40. The van der Waals surface area contributed by atoms with Gasteiger partial charge in [-0.25, -0.2) is 0 Å². The maximum absolute atomic E-state index is 12.3. The highest BCUT2D eigenvalue weighted by molar-refractivity contribution is 9.10. The Morgan fingerprint density at radius 2 is 1.71 bits per heavy atom. The smallest absolute Gasteiger partial charge is 0.406 e. The van der Waals surface area contributed by atoms with Crippen molar-refractivity contribution in [1.82, 2.24) is 5.32 Å². The third kappa shape index (κ3) is 4.47. The minimum atomic E-state index is -4.69. The molecule has 6 heteroatoms. The third-order valence-corrected chi connectivity index (χ3v) is 3.45. The van der Waals surface area contributed by atoms with Crippen molar-refractivity contribution in [2.45, 2.75) is 12.4 Å². The number of ether oxygens (including phenoxy) is 1. The quantitative estimate of drug-likeness (QED) is 0.857. The first-order valence-electron chi connectivity index (χ1n) is 6.17. The second-order valence-corrected chi connectivity index (χ2v) is 5.31. The van der Waals surface area contributed by atoms with E-state index in [-0.39, 0.29) is 11.8 Å². The molecule has 1 unspecified atom stereocenters. The van der Waals surface area contributed by atoms with E-state index in [9.17, 15) is 13.2 Å². The fourth-order valence-electron chi connectivity index (χ4n) is 2.07. The van der Waals surface area contributed by atoms with Crippen LogP contribution in [0.2, 0.25) is 0 Å². The first-order valence-corrected chi connectivity index (χ1v) is 6.97. The molecule has 0 saturated heterocycles. The van der Waals surface area contributed by atoms with Gasteiger partial charge in [-0.05, 0) is 42.4 Å². The molecular formula is C15H13BrF3NO. The normalized spacial score (nSPS) is 13.0. The number of nitrogens with one attached hydrogen (secondary N) is 1. The molecule has 21 heavy (non-hydrogen) atoms. The maximum atomic E-state index is 12.3. The summed E-state index contributed by atoms with van der Waals surface area (Å²) in [4.78, 5) is 0. The Bertz CT molecular complexity index is 599. The molecule has 2 aromatic carbocycles. The van der Waals surface area contributed by atoms with E-state index in [0.717, 1.165) is 10.0 Å². The van der Waals surface area contributed by atoms with Crippen molar-refractivity contribution in [2.75, 3.05) is 7.05 Å². The molecule has 0 radical (unpaired) electrons. The van der Waals surface area contributed by atoms with E-state index in [4.69, 9.17) is 0 Å². The van der Waals surface area contributed by atoms with Crippen LogP contribution in [0.5, 0.6) is 5.75 Å². The van der Waals surface area contributed by atoms with Crippen LogP contribution in [0, 0.1) is 0 Å². The largest absolute Gasteiger partial charge is 0.573 e. The summed E-state index contributed by atoms with van der Waals surface area (Å²) in [5.74, 6) is -0.225. The van der Waals surface area contributed by atoms with E-state index in [1.165, 1.54) is 12.1 Å². The highest BCUT2D eigenvalue weighted by Gasteiger charge is 2.31. The number of alkyl halides is 3. The predicted molar refractivity (Wildman–Crippen MR) is 78.2 cm³/mol. The summed E-state index contributed by atoms with van der Waals surface area (Å²) < 4.78 is 41.7. The van der Waals surface area contributed by atoms with Crippen LogP contribution in [0.1, 0.15) is 17.2 Å². The van der Waals surface area contributed by atoms with Crippen molar-refractivity contribution < 1.29 is 17.9 Å². The van der Waals surface area contributed by atoms with E-state index in [2.05, 4.69) is 26.0 Å². The molecule has 1 atom stereocenters. The van der Waals surface area contributed by atoms with Gasteiger partial charge in [-0.2, -0.15) is 0 Å². The van der Waals surface area contributed by atoms with Gasteiger partial charge in [0.15, 0.2) is 0 Å². The summed E-state index contributed by atoms with van der Waals surface area (Å²) in [5.41, 5.74) is 1.64. The minimum absolute atomic E-state index is 0.213. The van der Waals surface area contributed by atoms with Gasteiger partial charge in [-0.3, -0.25) is 0 Å². The molecule has 0 heterocycles. The van der Waals surface area contributed by atoms with E-state index in [1.807, 2.05) is 24.3 Å². The van der Waals surface area contributed by atoms with Gasteiger partial charge in [0.25, 0.3) is 0 Å². The number of halogens is 4. The summed E-state index contributed by atoms with van der Waals surface area (Å²) >= 11 is 3.35. The lowest BCUT2D eigenvalue weighted by molar-refractivity contribution is -0.274. The number of hydrogen-bond acceptors (Lipinski definition) is 2. The zero-order chi connectivity index (χ0) is 15.5. The Morgan fingerprint density at radius 3 is 2.29 bits per heavy atom. The number of rotatable bonds is 4. The van der Waals surface area contributed by atoms with Crippen LogP contribution < -0.4 is 10.1 Å². The van der Waals surface area contributed by atoms with Crippen molar-refractivity contribution in [3.8, 4) is 5.75 Å². The zero-order valence-electron chi connectivity index (χ0n) is 11.1. The van der Waals surface area contributed by atoms with Crippen LogP contribution in [0.4, 0.5) is 13.2 Å². The van der Waals surface area contributed by atoms with Crippen molar-refractivity contribution in [1.29, 1.82) is 0 Å². The van der Waals surface area contributed by atoms with Gasteiger partial charge in [-0.15, -0.1) is 13.2 Å². The van der Waals surface area contributed by atoms with Crippen LogP contribution in [0.15, 0.2) is 53.0 Å². The van der Waals surface area contributed by atoms with Crippen LogP contribution in [-0.4, -0.2) is 13.4 Å². The SMILES string of the molecule is CNC(c1ccc(Br)cc1)c1cccc(OC(F)(F)F)c1. The molecule has 0 aliphatic rings. The van der Waals surface area contributed by atoms with E-state index in [0.29, 0.717) is 5.56 Å². The van der Waals surface area contributed by atoms with Crippen molar-refractivity contribution in [3.05, 3.63) is 64.1 Å². The van der Waals surface area contributed by atoms with Crippen LogP contribution in [0.3, 0.4) is 0 Å². The number of hydrogen-bond donors (Lipinski definition) is 1. The van der Waals surface area contributed by atoms with E-state index < -0.39 is 6.36 Å². The Kier molecular flexibility index (Phi) is 4.90. The van der Waals surface area contributed by atoms with Crippen molar-refractivity contribution >= 4 is 15.9 Å². The van der Waals surface area contributed by atoms with Gasteiger partial charge in [0.05, 0.1) is 6.04 Å². The summed E-state index contributed by atoms with van der Waals surface area (Å²) in [6.45, 7) is 0. The molecule has 112 valence electrons. The summed E-state index contributed by atoms with van der Waals surface area (Å²) in [6, 6.07) is 13.3. The molecule has 0 spiro atoms. The van der Waals surface area contributed by atoms with Gasteiger partial charge in [0.1, 0.15) is 5.75 Å². The first-order chi connectivity index (χ1) is 9.89. The minimum Gasteiger partial charge on any atom is -0.406 e. The fourth-order valence-corrected chi connectivity index (χ4v) is 2.34. The standard InChI is InChI=1S/C15H13BrF3NO/c1-20-14(10-5-7-12(16)8-6-10)11-3-2-4-13(9-11)21-15(17,18)19/h2-9,14,20H,1H3. The third-order valence-electron chi connectivity index (χ3n) is 2.92. The molecule has 0 aliphatic carbocycles. The molecule has 0 saturated carbocycles. The lowest BCUT2D eigenvalue weighted by Crippen LogP contribution is -2.19. The molecular weight excluding hydrogens is 347 g/mol. The molecule has 0 fully saturated rings. The Morgan fingerprint density at radius 1 is 1.05 bits per heavy atom. The lowest BCUT2D eigenvalue weighted by atomic mass is 9.99. The molecule has 2 nitrogen and oxygen atoms in total. The van der Waals surface area contributed by atoms with Gasteiger partial charge in [0, 0.05) is 4.47 Å². The van der Waals surface area contributed by atoms with Gasteiger partial charge < -0.3 is 10.1 Å². The van der Waals surface area contributed by atoms with Gasteiger partial charge >= 0.3 is 6.36 Å². The molecule has 2 aromatic rings. The molecule has 0 bridgehead atoms. The average molecular weight is 360 g/mol. The topological polar surface area (TPSA) is 21.3 Å². The van der Waals surface area contributed by atoms with Crippen LogP contribution in [0.25, 0.3) is 0 Å². The second kappa shape index (κ2) is 6.49. The maximum Gasteiger partial charge on any atom is 0.573 e. The van der Waals surface area contributed by atoms with E-state index in [1.54, 1.807) is 19.2 Å². The monoisotopic (exact) mass is 359 g/mol. The van der Waals surface area contributed by atoms with Crippen LogP contribution in [-0.2, 0) is 0 Å². The Balaban J connectivity index is 2.30. The second-order valence-electron chi connectivity index (χ2n) is 4.39. The lowest BCUT2D eigenvalue weighted by Gasteiger charge is -2.18. The highest BCUT2D eigenvalue weighted by Crippen LogP contribution is 2.28. The summed E-state index contributed by atoms with van der Waals surface area (Å²) in [6.07, 6.45) is -4.69. The number of benzene rings is 2. The van der Waals surface area contributed by atoms with E-state index >= 15 is 0 Å². The Labute approximate surface area is 129 Å². The molecule has 0 aromatic heterocycles. The van der Waals surface area contributed by atoms with Crippen molar-refractivity contribution in [2.24, 2.45) is 0 Å². The molecule has 0 amide bonds. The van der Waals surface area contributed by atoms with Crippen LogP contribution >= 0.6 is 15.9 Å². The first kappa shape index (κ1) is 15.9. The molecule has 1 N–H and O–H groups in total. The van der Waals surface area contributed by atoms with Crippen molar-refractivity contribution in [3.63, 3.8) is 0 Å². The summed E-state index contributed by atoms with van der Waals surface area (Å²) in [7, 11) is 1.75.